The van der Waals surface area contributed by atoms with Crippen LogP contribution in [0.5, 0.6) is 0 Å². The van der Waals surface area contributed by atoms with E-state index in [-0.39, 0.29) is 17.9 Å². The fourth-order valence-electron chi connectivity index (χ4n) is 3.59. The molecule has 2 rings (SSSR count). The number of piperidine rings is 2. The molecule has 0 radical (unpaired) electrons. The first kappa shape index (κ1) is 15.8. The predicted octanol–water partition coefficient (Wildman–Crippen LogP) is 1.55. The number of nitrogens with zero attached hydrogens (tertiary/aromatic N) is 2. The Bertz CT molecular complexity index is 316. The topological polar surface area (TPSA) is 49.6 Å². The highest BCUT2D eigenvalue weighted by Gasteiger charge is 2.32. The van der Waals surface area contributed by atoms with Crippen LogP contribution in [0.25, 0.3) is 0 Å². The van der Waals surface area contributed by atoms with Gasteiger partial charge in [-0.1, -0.05) is 13.8 Å². The smallest absolute Gasteiger partial charge is 0.239 e. The molecule has 2 fully saturated rings. The first-order valence-electron chi connectivity index (χ1n) is 8.22. The number of nitrogens with two attached hydrogens (primary N) is 1. The molecule has 1 amide bonds. The Kier molecular flexibility index (Phi) is 5.44. The third-order valence-electron chi connectivity index (χ3n) is 5.28. The van der Waals surface area contributed by atoms with E-state index in [1.807, 2.05) is 18.7 Å². The molecule has 0 aliphatic carbocycles. The van der Waals surface area contributed by atoms with Crippen molar-refractivity contribution in [1.82, 2.24) is 9.80 Å². The van der Waals surface area contributed by atoms with E-state index >= 15 is 0 Å². The minimum absolute atomic E-state index is 0.154. The van der Waals surface area contributed by atoms with Crippen LogP contribution in [0.15, 0.2) is 0 Å². The van der Waals surface area contributed by atoms with Crippen molar-refractivity contribution in [2.24, 2.45) is 23.5 Å². The van der Waals surface area contributed by atoms with Crippen molar-refractivity contribution in [2.75, 3.05) is 33.2 Å². The Labute approximate surface area is 123 Å². The van der Waals surface area contributed by atoms with Gasteiger partial charge >= 0.3 is 0 Å². The fraction of sp³-hybridized carbons (Fsp3) is 0.938. The van der Waals surface area contributed by atoms with Crippen LogP contribution < -0.4 is 5.73 Å². The zero-order chi connectivity index (χ0) is 14.7. The number of carbonyl (C=O) groups excluding carboxylic acids is 1. The Balaban J connectivity index is 1.79. The van der Waals surface area contributed by atoms with Gasteiger partial charge in [-0.25, -0.2) is 0 Å². The quantitative estimate of drug-likeness (QED) is 0.854. The van der Waals surface area contributed by atoms with E-state index in [0.29, 0.717) is 0 Å². The van der Waals surface area contributed by atoms with Crippen molar-refractivity contribution in [2.45, 2.75) is 45.6 Å². The highest BCUT2D eigenvalue weighted by atomic mass is 16.2. The summed E-state index contributed by atoms with van der Waals surface area (Å²) in [7, 11) is 2.21. The average Bonchev–Trinajstić information content (AvgIpc) is 2.46. The highest BCUT2D eigenvalue weighted by molar-refractivity contribution is 5.82. The maximum absolute atomic E-state index is 12.3. The van der Waals surface area contributed by atoms with Gasteiger partial charge in [0.1, 0.15) is 0 Å². The number of rotatable bonds is 3. The summed E-state index contributed by atoms with van der Waals surface area (Å²) >= 11 is 0. The summed E-state index contributed by atoms with van der Waals surface area (Å²) in [5, 5.41) is 0. The molecular formula is C16H31N3O. The second-order valence-electron chi connectivity index (χ2n) is 7.07. The SMILES string of the molecule is CC(C)[C@@H](N)C(=O)N1CCC(C2CCN(C)CC2)CC1. The molecule has 2 N–H and O–H groups in total. The molecule has 0 aromatic heterocycles. The van der Waals surface area contributed by atoms with Gasteiger partial charge in [0.25, 0.3) is 0 Å². The molecule has 0 aromatic carbocycles. The summed E-state index contributed by atoms with van der Waals surface area (Å²) in [4.78, 5) is 16.7. The number of carbonyl (C=O) groups is 1. The van der Waals surface area contributed by atoms with E-state index in [9.17, 15) is 4.79 Å². The van der Waals surface area contributed by atoms with E-state index in [1.54, 1.807) is 0 Å². The maximum atomic E-state index is 12.3. The summed E-state index contributed by atoms with van der Waals surface area (Å²) in [6.07, 6.45) is 5.01. The molecule has 4 heteroatoms. The Morgan fingerprint density at radius 1 is 1.00 bits per heavy atom. The van der Waals surface area contributed by atoms with Gasteiger partial charge in [-0.3, -0.25) is 4.79 Å². The minimum atomic E-state index is -0.324. The van der Waals surface area contributed by atoms with Gasteiger partial charge in [0.05, 0.1) is 6.04 Å². The molecule has 2 heterocycles. The van der Waals surface area contributed by atoms with Gasteiger partial charge in [0.15, 0.2) is 0 Å². The normalized spacial score (nSPS) is 25.1. The van der Waals surface area contributed by atoms with Crippen molar-refractivity contribution < 1.29 is 4.79 Å². The van der Waals surface area contributed by atoms with Gasteiger partial charge in [0, 0.05) is 13.1 Å². The average molecular weight is 281 g/mol. The Morgan fingerprint density at radius 2 is 1.45 bits per heavy atom. The third-order valence-corrected chi connectivity index (χ3v) is 5.28. The molecule has 0 unspecified atom stereocenters. The van der Waals surface area contributed by atoms with Crippen molar-refractivity contribution in [3.8, 4) is 0 Å². The molecule has 2 saturated heterocycles. The van der Waals surface area contributed by atoms with Crippen molar-refractivity contribution >= 4 is 5.91 Å². The summed E-state index contributed by atoms with van der Waals surface area (Å²) in [5.74, 6) is 2.08. The van der Waals surface area contributed by atoms with Crippen LogP contribution in [0.1, 0.15) is 39.5 Å². The molecule has 1 atom stereocenters. The van der Waals surface area contributed by atoms with Crippen LogP contribution >= 0.6 is 0 Å². The molecule has 0 bridgehead atoms. The second-order valence-corrected chi connectivity index (χ2v) is 7.07. The molecule has 4 nitrogen and oxygen atoms in total. The molecule has 116 valence electrons. The van der Waals surface area contributed by atoms with E-state index in [0.717, 1.165) is 24.9 Å². The van der Waals surface area contributed by atoms with Crippen LogP contribution in [0.2, 0.25) is 0 Å². The first-order valence-corrected chi connectivity index (χ1v) is 8.22. The van der Waals surface area contributed by atoms with Crippen molar-refractivity contribution in [3.05, 3.63) is 0 Å². The van der Waals surface area contributed by atoms with Gasteiger partial charge in [-0.2, -0.15) is 0 Å². The lowest BCUT2D eigenvalue weighted by Crippen LogP contribution is -2.50. The summed E-state index contributed by atoms with van der Waals surface area (Å²) in [6.45, 7) is 8.35. The van der Waals surface area contributed by atoms with Gasteiger partial charge in [-0.05, 0) is 63.6 Å². The largest absolute Gasteiger partial charge is 0.341 e. The lowest BCUT2D eigenvalue weighted by Gasteiger charge is -2.40. The Hall–Kier alpha value is -0.610. The third kappa shape index (κ3) is 3.73. The van der Waals surface area contributed by atoms with E-state index in [4.69, 9.17) is 5.73 Å². The fourth-order valence-corrected chi connectivity index (χ4v) is 3.59. The number of likely N-dealkylation sites (tertiary alicyclic amines) is 2. The zero-order valence-corrected chi connectivity index (χ0v) is 13.3. The molecular weight excluding hydrogens is 250 g/mol. The van der Waals surface area contributed by atoms with E-state index in [1.165, 1.54) is 38.8 Å². The van der Waals surface area contributed by atoms with Gasteiger partial charge in [0.2, 0.25) is 5.91 Å². The molecule has 20 heavy (non-hydrogen) atoms. The summed E-state index contributed by atoms with van der Waals surface area (Å²) < 4.78 is 0. The van der Waals surface area contributed by atoms with Crippen LogP contribution in [-0.4, -0.2) is 55.0 Å². The lowest BCUT2D eigenvalue weighted by atomic mass is 9.79. The minimum Gasteiger partial charge on any atom is -0.341 e. The molecule has 0 spiro atoms. The number of amides is 1. The van der Waals surface area contributed by atoms with Crippen LogP contribution in [0.4, 0.5) is 0 Å². The maximum Gasteiger partial charge on any atom is 0.239 e. The lowest BCUT2D eigenvalue weighted by molar-refractivity contribution is -0.135. The van der Waals surface area contributed by atoms with E-state index in [2.05, 4.69) is 11.9 Å². The molecule has 2 aliphatic heterocycles. The summed E-state index contributed by atoms with van der Waals surface area (Å²) in [5.41, 5.74) is 5.99. The van der Waals surface area contributed by atoms with Gasteiger partial charge < -0.3 is 15.5 Å². The van der Waals surface area contributed by atoms with E-state index < -0.39 is 0 Å². The molecule has 0 aromatic rings. The first-order chi connectivity index (χ1) is 9.49. The summed E-state index contributed by atoms with van der Waals surface area (Å²) in [6, 6.07) is -0.324. The zero-order valence-electron chi connectivity index (χ0n) is 13.3. The molecule has 2 aliphatic rings. The second kappa shape index (κ2) is 6.90. The molecule has 0 saturated carbocycles. The monoisotopic (exact) mass is 281 g/mol. The highest BCUT2D eigenvalue weighted by Crippen LogP contribution is 2.32. The number of hydrogen-bond donors (Lipinski definition) is 1. The van der Waals surface area contributed by atoms with Gasteiger partial charge in [-0.15, -0.1) is 0 Å². The standard InChI is InChI=1S/C16H31N3O/c1-12(2)15(17)16(20)19-10-6-14(7-11-19)13-4-8-18(3)9-5-13/h12-15H,4-11,17H2,1-3H3/t15-/m1/s1. The van der Waals surface area contributed by atoms with Crippen LogP contribution in [-0.2, 0) is 4.79 Å². The van der Waals surface area contributed by atoms with Crippen LogP contribution in [0, 0.1) is 17.8 Å². The van der Waals surface area contributed by atoms with Crippen LogP contribution in [0.3, 0.4) is 0 Å². The van der Waals surface area contributed by atoms with Crippen molar-refractivity contribution in [3.63, 3.8) is 0 Å². The number of hydrogen-bond acceptors (Lipinski definition) is 3. The predicted molar refractivity (Wildman–Crippen MR) is 82.3 cm³/mol. The Morgan fingerprint density at radius 3 is 1.90 bits per heavy atom. The van der Waals surface area contributed by atoms with Crippen molar-refractivity contribution in [1.29, 1.82) is 0 Å².